The second-order valence-corrected chi connectivity index (χ2v) is 8.06. The van der Waals surface area contributed by atoms with Crippen molar-refractivity contribution in [2.24, 2.45) is 0 Å². The summed E-state index contributed by atoms with van der Waals surface area (Å²) in [6, 6.07) is 36.3. The number of hydrogen-bond acceptors (Lipinski definition) is 4. The van der Waals surface area contributed by atoms with Gasteiger partial charge >= 0.3 is 0 Å². The molecule has 5 rings (SSSR count). The monoisotopic (exact) mass is 447 g/mol. The molecule has 0 N–H and O–H groups in total. The van der Waals surface area contributed by atoms with Crippen LogP contribution < -0.4 is 9.47 Å². The highest BCUT2D eigenvalue weighted by atomic mass is 16.5. The van der Waals surface area contributed by atoms with Crippen molar-refractivity contribution in [2.75, 3.05) is 0 Å². The number of aromatic nitrogens is 1. The van der Waals surface area contributed by atoms with Crippen molar-refractivity contribution < 1.29 is 14.0 Å². The van der Waals surface area contributed by atoms with E-state index in [1.54, 1.807) is 0 Å². The first-order valence-corrected chi connectivity index (χ1v) is 11.3. The Kier molecular flexibility index (Phi) is 6.39. The van der Waals surface area contributed by atoms with E-state index in [9.17, 15) is 0 Å². The molecule has 4 nitrogen and oxygen atoms in total. The maximum absolute atomic E-state index is 5.92. The van der Waals surface area contributed by atoms with Crippen molar-refractivity contribution in [3.8, 4) is 33.9 Å². The lowest BCUT2D eigenvalue weighted by Gasteiger charge is -2.09. The van der Waals surface area contributed by atoms with Crippen LogP contribution in [0.1, 0.15) is 16.9 Å². The van der Waals surface area contributed by atoms with Crippen LogP contribution in [0.15, 0.2) is 114 Å². The topological polar surface area (TPSA) is 44.5 Å². The fourth-order valence-electron chi connectivity index (χ4n) is 3.82. The smallest absolute Gasteiger partial charge is 0.142 e. The summed E-state index contributed by atoms with van der Waals surface area (Å²) < 4.78 is 17.4. The van der Waals surface area contributed by atoms with Gasteiger partial charge in [0.25, 0.3) is 0 Å². The SMILES string of the molecule is Cc1onc(-c2ccc(OCc3ccccc3)cc2)c1-c1ccc(OCc2ccccc2)cc1. The van der Waals surface area contributed by atoms with E-state index in [0.29, 0.717) is 13.2 Å². The third kappa shape index (κ3) is 5.02. The molecular formula is C30H25NO3. The summed E-state index contributed by atoms with van der Waals surface area (Å²) in [6.07, 6.45) is 0. The van der Waals surface area contributed by atoms with Gasteiger partial charge in [-0.15, -0.1) is 0 Å². The predicted octanol–water partition coefficient (Wildman–Crippen LogP) is 7.48. The Labute approximate surface area is 199 Å². The van der Waals surface area contributed by atoms with Crippen LogP contribution in [0.2, 0.25) is 0 Å². The van der Waals surface area contributed by atoms with E-state index in [1.807, 2.05) is 91.9 Å². The van der Waals surface area contributed by atoms with E-state index in [4.69, 9.17) is 14.0 Å². The Balaban J connectivity index is 1.29. The van der Waals surface area contributed by atoms with Crippen LogP contribution in [0.25, 0.3) is 22.4 Å². The van der Waals surface area contributed by atoms with Gasteiger partial charge in [0.1, 0.15) is 36.2 Å². The minimum absolute atomic E-state index is 0.535. The normalized spacial score (nSPS) is 10.7. The fraction of sp³-hybridized carbons (Fsp3) is 0.100. The zero-order valence-electron chi connectivity index (χ0n) is 19.0. The molecule has 0 radical (unpaired) electrons. The molecule has 1 heterocycles. The van der Waals surface area contributed by atoms with E-state index in [0.717, 1.165) is 50.8 Å². The molecule has 168 valence electrons. The number of ether oxygens (including phenoxy) is 2. The highest BCUT2D eigenvalue weighted by Gasteiger charge is 2.17. The third-order valence-electron chi connectivity index (χ3n) is 5.63. The van der Waals surface area contributed by atoms with Gasteiger partial charge in [0.15, 0.2) is 0 Å². The molecule has 0 atom stereocenters. The zero-order valence-corrected chi connectivity index (χ0v) is 19.0. The maximum Gasteiger partial charge on any atom is 0.142 e. The molecule has 0 bridgehead atoms. The zero-order chi connectivity index (χ0) is 23.2. The molecule has 0 unspecified atom stereocenters. The molecule has 0 saturated heterocycles. The molecule has 0 aliphatic heterocycles. The van der Waals surface area contributed by atoms with Gasteiger partial charge in [-0.05, 0) is 60.0 Å². The van der Waals surface area contributed by atoms with Gasteiger partial charge in [0, 0.05) is 5.56 Å². The van der Waals surface area contributed by atoms with Gasteiger partial charge in [0.2, 0.25) is 0 Å². The van der Waals surface area contributed by atoms with E-state index < -0.39 is 0 Å². The summed E-state index contributed by atoms with van der Waals surface area (Å²) in [5, 5.41) is 4.34. The Hall–Kier alpha value is -4.31. The Bertz CT molecular complexity index is 1330. The molecule has 4 aromatic carbocycles. The lowest BCUT2D eigenvalue weighted by molar-refractivity contribution is 0.306. The van der Waals surface area contributed by atoms with Crippen molar-refractivity contribution >= 4 is 0 Å². The minimum atomic E-state index is 0.535. The van der Waals surface area contributed by atoms with E-state index in [1.165, 1.54) is 0 Å². The number of benzene rings is 4. The molecule has 4 heteroatoms. The summed E-state index contributed by atoms with van der Waals surface area (Å²) in [4.78, 5) is 0. The Morgan fingerprint density at radius 3 is 1.56 bits per heavy atom. The molecular weight excluding hydrogens is 422 g/mol. The van der Waals surface area contributed by atoms with E-state index >= 15 is 0 Å². The lowest BCUT2D eigenvalue weighted by atomic mass is 9.99. The maximum atomic E-state index is 5.92. The van der Waals surface area contributed by atoms with Crippen LogP contribution in [0, 0.1) is 6.92 Å². The first-order chi connectivity index (χ1) is 16.8. The highest BCUT2D eigenvalue weighted by molar-refractivity contribution is 5.82. The molecule has 0 aliphatic carbocycles. The second kappa shape index (κ2) is 10.1. The van der Waals surface area contributed by atoms with Crippen LogP contribution in [0.5, 0.6) is 11.5 Å². The Morgan fingerprint density at radius 1 is 0.588 bits per heavy atom. The van der Waals surface area contributed by atoms with Crippen molar-refractivity contribution in [1.29, 1.82) is 0 Å². The van der Waals surface area contributed by atoms with Gasteiger partial charge in [-0.3, -0.25) is 0 Å². The molecule has 0 aliphatic rings. The molecule has 0 fully saturated rings. The van der Waals surface area contributed by atoms with Gasteiger partial charge in [-0.1, -0.05) is 78.0 Å². The van der Waals surface area contributed by atoms with Crippen LogP contribution in [-0.4, -0.2) is 5.16 Å². The van der Waals surface area contributed by atoms with E-state index in [2.05, 4.69) is 29.4 Å². The van der Waals surface area contributed by atoms with Crippen molar-refractivity contribution in [2.45, 2.75) is 20.1 Å². The predicted molar refractivity (Wildman–Crippen MR) is 134 cm³/mol. The number of nitrogens with zero attached hydrogens (tertiary/aromatic N) is 1. The quantitative estimate of drug-likeness (QED) is 0.247. The summed E-state index contributed by atoms with van der Waals surface area (Å²) in [7, 11) is 0. The third-order valence-corrected chi connectivity index (χ3v) is 5.63. The van der Waals surface area contributed by atoms with Crippen LogP contribution >= 0.6 is 0 Å². The molecule has 0 saturated carbocycles. The van der Waals surface area contributed by atoms with Crippen LogP contribution in [0.4, 0.5) is 0 Å². The van der Waals surface area contributed by atoms with Gasteiger partial charge in [-0.25, -0.2) is 0 Å². The van der Waals surface area contributed by atoms with Gasteiger partial charge < -0.3 is 14.0 Å². The Morgan fingerprint density at radius 2 is 1.06 bits per heavy atom. The van der Waals surface area contributed by atoms with Gasteiger partial charge in [0.05, 0.1) is 5.56 Å². The summed E-state index contributed by atoms with van der Waals surface area (Å²) in [5.74, 6) is 2.41. The first kappa shape index (κ1) is 21.5. The molecule has 0 spiro atoms. The van der Waals surface area contributed by atoms with Crippen molar-refractivity contribution in [3.05, 3.63) is 126 Å². The molecule has 5 aromatic rings. The van der Waals surface area contributed by atoms with Crippen molar-refractivity contribution in [1.82, 2.24) is 5.16 Å². The van der Waals surface area contributed by atoms with Crippen molar-refractivity contribution in [3.63, 3.8) is 0 Å². The molecule has 1 aromatic heterocycles. The molecule has 0 amide bonds. The first-order valence-electron chi connectivity index (χ1n) is 11.3. The summed E-state index contributed by atoms with van der Waals surface area (Å²) >= 11 is 0. The lowest BCUT2D eigenvalue weighted by Crippen LogP contribution is -1.95. The summed E-state index contributed by atoms with van der Waals surface area (Å²) in [5.41, 5.74) is 6.07. The van der Waals surface area contributed by atoms with E-state index in [-0.39, 0.29) is 0 Å². The highest BCUT2D eigenvalue weighted by Crippen LogP contribution is 2.35. The number of rotatable bonds is 8. The summed E-state index contributed by atoms with van der Waals surface area (Å²) in [6.45, 7) is 3.01. The van der Waals surface area contributed by atoms with Crippen LogP contribution in [-0.2, 0) is 13.2 Å². The average Bonchev–Trinajstić information content (AvgIpc) is 3.29. The van der Waals surface area contributed by atoms with Gasteiger partial charge in [-0.2, -0.15) is 0 Å². The fourth-order valence-corrected chi connectivity index (χ4v) is 3.82. The average molecular weight is 448 g/mol. The largest absolute Gasteiger partial charge is 0.489 e. The standard InChI is InChI=1S/C30H25NO3/c1-22-29(25-12-16-27(17-13-25)32-20-23-8-4-2-5-9-23)30(31-34-22)26-14-18-28(19-15-26)33-21-24-10-6-3-7-11-24/h2-19H,20-21H2,1H3. The van der Waals surface area contributed by atoms with Crippen LogP contribution in [0.3, 0.4) is 0 Å². The number of hydrogen-bond donors (Lipinski definition) is 0. The number of aryl methyl sites for hydroxylation is 1. The second-order valence-electron chi connectivity index (χ2n) is 8.06. The minimum Gasteiger partial charge on any atom is -0.489 e. The molecule has 34 heavy (non-hydrogen) atoms.